The third-order valence-electron chi connectivity index (χ3n) is 4.75. The Bertz CT molecular complexity index is 677. The number of piperidine rings is 1. The van der Waals surface area contributed by atoms with E-state index in [4.69, 9.17) is 0 Å². The zero-order chi connectivity index (χ0) is 16.2. The first-order valence-electron chi connectivity index (χ1n) is 8.57. The molecule has 7 nitrogen and oxygen atoms in total. The Morgan fingerprint density at radius 3 is 2.70 bits per heavy atom. The molecule has 0 aliphatic carbocycles. The highest BCUT2D eigenvalue weighted by Gasteiger charge is 2.22. The summed E-state index contributed by atoms with van der Waals surface area (Å²) in [5, 5.41) is 11.1. The molecule has 0 spiro atoms. The number of aryl methyl sites for hydroxylation is 1. The molecule has 3 heterocycles. The van der Waals surface area contributed by atoms with Gasteiger partial charge >= 0.3 is 5.69 Å². The summed E-state index contributed by atoms with van der Waals surface area (Å²) >= 11 is 0. The molecule has 1 saturated heterocycles. The maximum absolute atomic E-state index is 11.6. The van der Waals surface area contributed by atoms with Crippen molar-refractivity contribution < 1.29 is 0 Å². The predicted molar refractivity (Wildman–Crippen MR) is 88.1 cm³/mol. The van der Waals surface area contributed by atoms with E-state index in [9.17, 15) is 4.79 Å². The summed E-state index contributed by atoms with van der Waals surface area (Å²) < 4.78 is 3.72. The number of likely N-dealkylation sites (tertiary alicyclic amines) is 1. The first-order chi connectivity index (χ1) is 11.2. The van der Waals surface area contributed by atoms with Gasteiger partial charge in [-0.2, -0.15) is 10.2 Å². The number of nitrogens with one attached hydrogen (secondary N) is 1. The van der Waals surface area contributed by atoms with Crippen LogP contribution in [0.3, 0.4) is 0 Å². The lowest BCUT2D eigenvalue weighted by atomic mass is 9.93. The van der Waals surface area contributed by atoms with Crippen LogP contribution in [-0.4, -0.2) is 42.5 Å². The molecule has 1 aliphatic rings. The number of H-pyrrole nitrogens is 1. The summed E-state index contributed by atoms with van der Waals surface area (Å²) in [5.41, 5.74) is 1.20. The Labute approximate surface area is 136 Å². The molecule has 0 bridgehead atoms. The molecule has 0 radical (unpaired) electrons. The topological polar surface area (TPSA) is 71.7 Å². The van der Waals surface area contributed by atoms with Crippen molar-refractivity contribution in [2.45, 2.75) is 52.7 Å². The number of aromatic amines is 1. The maximum atomic E-state index is 11.6. The average molecular weight is 318 g/mol. The van der Waals surface area contributed by atoms with Crippen LogP contribution in [0.2, 0.25) is 0 Å². The molecule has 0 atom stereocenters. The van der Waals surface area contributed by atoms with Crippen LogP contribution in [0.25, 0.3) is 0 Å². The SMILES string of the molecule is CCn1cc(CN2CCC(Cc3n[nH]c(=O)n3CC)CC2)cn1. The quantitative estimate of drug-likeness (QED) is 0.870. The van der Waals surface area contributed by atoms with E-state index in [1.54, 1.807) is 4.57 Å². The molecule has 1 N–H and O–H groups in total. The molecule has 0 aromatic carbocycles. The molecule has 0 unspecified atom stereocenters. The third-order valence-corrected chi connectivity index (χ3v) is 4.75. The lowest BCUT2D eigenvalue weighted by Gasteiger charge is -2.31. The normalized spacial score (nSPS) is 17.0. The molecular formula is C16H26N6O. The highest BCUT2D eigenvalue weighted by atomic mass is 16.1. The summed E-state index contributed by atoms with van der Waals surface area (Å²) in [4.78, 5) is 14.1. The van der Waals surface area contributed by atoms with Crippen molar-refractivity contribution in [3.05, 3.63) is 34.3 Å². The second kappa shape index (κ2) is 7.12. The maximum Gasteiger partial charge on any atom is 0.343 e. The molecule has 23 heavy (non-hydrogen) atoms. The van der Waals surface area contributed by atoms with Gasteiger partial charge in [0, 0.05) is 37.8 Å². The van der Waals surface area contributed by atoms with E-state index in [1.807, 2.05) is 17.8 Å². The van der Waals surface area contributed by atoms with E-state index in [2.05, 4.69) is 33.3 Å². The Kier molecular flexibility index (Phi) is 4.95. The fraction of sp³-hybridized carbons (Fsp3) is 0.688. The second-order valence-electron chi connectivity index (χ2n) is 6.32. The minimum atomic E-state index is -0.0899. The number of hydrogen-bond donors (Lipinski definition) is 1. The fourth-order valence-electron chi connectivity index (χ4n) is 3.36. The number of rotatable bonds is 6. The Hall–Kier alpha value is -1.89. The molecule has 7 heteroatoms. The van der Waals surface area contributed by atoms with Crippen LogP contribution in [0.4, 0.5) is 0 Å². The standard InChI is InChI=1S/C16H26N6O/c1-3-21-12-14(10-17-21)11-20-7-5-13(6-8-20)9-15-18-19-16(23)22(15)4-2/h10,12-13H,3-9,11H2,1-2H3,(H,19,23). The minimum Gasteiger partial charge on any atom is -0.299 e. The highest BCUT2D eigenvalue weighted by molar-refractivity contribution is 5.04. The molecule has 1 aliphatic heterocycles. The van der Waals surface area contributed by atoms with Gasteiger partial charge in [0.05, 0.1) is 6.20 Å². The van der Waals surface area contributed by atoms with Gasteiger partial charge in [-0.05, 0) is 45.7 Å². The average Bonchev–Trinajstić information content (AvgIpc) is 3.16. The van der Waals surface area contributed by atoms with Crippen LogP contribution in [0.1, 0.15) is 38.1 Å². The molecular weight excluding hydrogens is 292 g/mol. The molecule has 2 aromatic heterocycles. The van der Waals surface area contributed by atoms with Gasteiger partial charge in [0.2, 0.25) is 0 Å². The lowest BCUT2D eigenvalue weighted by molar-refractivity contribution is 0.175. The molecule has 0 amide bonds. The molecule has 3 rings (SSSR count). The van der Waals surface area contributed by atoms with Crippen molar-refractivity contribution in [1.82, 2.24) is 29.4 Å². The van der Waals surface area contributed by atoms with E-state index < -0.39 is 0 Å². The van der Waals surface area contributed by atoms with E-state index in [0.717, 1.165) is 51.3 Å². The largest absolute Gasteiger partial charge is 0.343 e. The van der Waals surface area contributed by atoms with Gasteiger partial charge < -0.3 is 0 Å². The summed E-state index contributed by atoms with van der Waals surface area (Å²) in [6, 6.07) is 0. The van der Waals surface area contributed by atoms with Gasteiger partial charge in [0.1, 0.15) is 5.82 Å². The van der Waals surface area contributed by atoms with Gasteiger partial charge in [0.25, 0.3) is 0 Å². The van der Waals surface area contributed by atoms with Crippen molar-refractivity contribution >= 4 is 0 Å². The summed E-state index contributed by atoms with van der Waals surface area (Å²) in [5.74, 6) is 1.52. The zero-order valence-electron chi connectivity index (χ0n) is 14.0. The predicted octanol–water partition coefficient (Wildman–Crippen LogP) is 1.26. The first kappa shape index (κ1) is 16.0. The van der Waals surface area contributed by atoms with Crippen molar-refractivity contribution in [3.63, 3.8) is 0 Å². The first-order valence-corrected chi connectivity index (χ1v) is 8.57. The third kappa shape index (κ3) is 3.72. The molecule has 126 valence electrons. The van der Waals surface area contributed by atoms with Crippen LogP contribution in [-0.2, 0) is 26.1 Å². The van der Waals surface area contributed by atoms with E-state index in [-0.39, 0.29) is 5.69 Å². The smallest absolute Gasteiger partial charge is 0.299 e. The van der Waals surface area contributed by atoms with E-state index >= 15 is 0 Å². The summed E-state index contributed by atoms with van der Waals surface area (Å²) in [6.45, 7) is 8.88. The van der Waals surface area contributed by atoms with E-state index in [0.29, 0.717) is 12.5 Å². The van der Waals surface area contributed by atoms with Gasteiger partial charge in [0.15, 0.2) is 0 Å². The van der Waals surface area contributed by atoms with Crippen LogP contribution in [0, 0.1) is 5.92 Å². The summed E-state index contributed by atoms with van der Waals surface area (Å²) in [7, 11) is 0. The minimum absolute atomic E-state index is 0.0899. The number of aromatic nitrogens is 5. The van der Waals surface area contributed by atoms with Crippen LogP contribution in [0.5, 0.6) is 0 Å². The van der Waals surface area contributed by atoms with Crippen molar-refractivity contribution in [1.29, 1.82) is 0 Å². The Morgan fingerprint density at radius 2 is 2.04 bits per heavy atom. The molecule has 0 saturated carbocycles. The zero-order valence-corrected chi connectivity index (χ0v) is 14.0. The lowest BCUT2D eigenvalue weighted by Crippen LogP contribution is -2.34. The number of nitrogens with zero attached hydrogens (tertiary/aromatic N) is 5. The van der Waals surface area contributed by atoms with Gasteiger partial charge in [-0.15, -0.1) is 0 Å². The van der Waals surface area contributed by atoms with Crippen LogP contribution >= 0.6 is 0 Å². The highest BCUT2D eigenvalue weighted by Crippen LogP contribution is 2.21. The van der Waals surface area contributed by atoms with E-state index in [1.165, 1.54) is 5.56 Å². The van der Waals surface area contributed by atoms with Gasteiger partial charge in [-0.1, -0.05) is 0 Å². The van der Waals surface area contributed by atoms with Crippen LogP contribution < -0.4 is 5.69 Å². The number of hydrogen-bond acceptors (Lipinski definition) is 4. The van der Waals surface area contributed by atoms with Crippen molar-refractivity contribution in [2.75, 3.05) is 13.1 Å². The summed E-state index contributed by atoms with van der Waals surface area (Å²) in [6.07, 6.45) is 7.32. The van der Waals surface area contributed by atoms with Crippen LogP contribution in [0.15, 0.2) is 17.2 Å². The van der Waals surface area contributed by atoms with Gasteiger partial charge in [-0.25, -0.2) is 9.89 Å². The van der Waals surface area contributed by atoms with Gasteiger partial charge in [-0.3, -0.25) is 14.1 Å². The molecule has 1 fully saturated rings. The van der Waals surface area contributed by atoms with Crippen molar-refractivity contribution in [2.24, 2.45) is 5.92 Å². The van der Waals surface area contributed by atoms with Crippen molar-refractivity contribution in [3.8, 4) is 0 Å². The Balaban J connectivity index is 1.51. The Morgan fingerprint density at radius 1 is 1.26 bits per heavy atom. The molecule has 2 aromatic rings. The monoisotopic (exact) mass is 318 g/mol. The fourth-order valence-corrected chi connectivity index (χ4v) is 3.36. The second-order valence-corrected chi connectivity index (χ2v) is 6.32.